The van der Waals surface area contributed by atoms with Crippen molar-refractivity contribution in [1.29, 1.82) is 0 Å². The smallest absolute Gasteiger partial charge is 0.410 e. The molecule has 2 aliphatic heterocycles. The van der Waals surface area contributed by atoms with Crippen molar-refractivity contribution >= 4 is 28.9 Å². The molecule has 4 rings (SSSR count). The number of fused-ring (bicyclic) bond motifs is 1. The minimum atomic E-state index is -0.617. The number of ether oxygens (including phenoxy) is 2. The van der Waals surface area contributed by atoms with Gasteiger partial charge in [0.1, 0.15) is 11.4 Å². The summed E-state index contributed by atoms with van der Waals surface area (Å²) in [6, 6.07) is 3.39. The first-order chi connectivity index (χ1) is 17.6. The summed E-state index contributed by atoms with van der Waals surface area (Å²) in [5.41, 5.74) is 2.09. The molecule has 1 unspecified atom stereocenters. The first-order valence-electron chi connectivity index (χ1n) is 13.1. The molecule has 202 valence electrons. The largest absolute Gasteiger partial charge is 0.444 e. The number of aromatic nitrogens is 2. The van der Waals surface area contributed by atoms with Gasteiger partial charge in [-0.1, -0.05) is 6.92 Å². The number of morpholine rings is 1. The topological polar surface area (TPSA) is 91.3 Å². The second kappa shape index (κ2) is 11.2. The molecule has 0 aliphatic carbocycles. The molecule has 0 spiro atoms. The minimum Gasteiger partial charge on any atom is -0.444 e. The summed E-state index contributed by atoms with van der Waals surface area (Å²) in [7, 11) is 3.80. The van der Waals surface area contributed by atoms with Gasteiger partial charge in [0.15, 0.2) is 0 Å². The molecule has 37 heavy (non-hydrogen) atoms. The number of carbonyl (C=O) groups is 2. The number of amides is 2. The van der Waals surface area contributed by atoms with E-state index in [0.29, 0.717) is 49.3 Å². The van der Waals surface area contributed by atoms with Gasteiger partial charge < -0.3 is 29.1 Å². The average molecular weight is 513 g/mol. The summed E-state index contributed by atoms with van der Waals surface area (Å²) >= 11 is 0. The van der Waals surface area contributed by atoms with Crippen LogP contribution in [0.1, 0.15) is 56.1 Å². The van der Waals surface area contributed by atoms with Crippen LogP contribution in [0.2, 0.25) is 0 Å². The molecular formula is C27H40N6O4. The lowest BCUT2D eigenvalue weighted by molar-refractivity contribution is 0.0216. The number of anilines is 1. The number of likely N-dealkylation sites (N-methyl/N-ethyl adjacent to an activating group) is 1. The predicted octanol–water partition coefficient (Wildman–Crippen LogP) is 3.17. The Labute approximate surface area is 219 Å². The van der Waals surface area contributed by atoms with Crippen molar-refractivity contribution < 1.29 is 19.1 Å². The van der Waals surface area contributed by atoms with E-state index in [1.54, 1.807) is 18.1 Å². The summed E-state index contributed by atoms with van der Waals surface area (Å²) in [6.07, 6.45) is 1.97. The SMILES string of the molecule is CCC(c1cc(C(=O)N2CCN(C)CC2)cc2ncc(N3CCOCC3)nc12)N(C)C(=O)OC(C)(C)C. The second-order valence-electron chi connectivity index (χ2n) is 10.9. The van der Waals surface area contributed by atoms with Crippen LogP contribution in [0, 0.1) is 0 Å². The third kappa shape index (κ3) is 6.30. The number of hydrogen-bond donors (Lipinski definition) is 0. The summed E-state index contributed by atoms with van der Waals surface area (Å²) in [6.45, 7) is 13.4. The molecule has 0 bridgehead atoms. The molecule has 2 aliphatic rings. The highest BCUT2D eigenvalue weighted by molar-refractivity contribution is 5.98. The first kappa shape index (κ1) is 27.1. The Balaban J connectivity index is 1.77. The average Bonchev–Trinajstić information content (AvgIpc) is 2.88. The molecule has 2 saturated heterocycles. The number of piperazine rings is 1. The molecule has 1 atom stereocenters. The Morgan fingerprint density at radius 1 is 1.11 bits per heavy atom. The quantitative estimate of drug-likeness (QED) is 0.603. The van der Waals surface area contributed by atoms with Gasteiger partial charge in [0.05, 0.1) is 36.5 Å². The number of nitrogens with zero attached hydrogens (tertiary/aromatic N) is 6. The van der Waals surface area contributed by atoms with Gasteiger partial charge in [-0.3, -0.25) is 9.78 Å². The van der Waals surface area contributed by atoms with Gasteiger partial charge in [0.2, 0.25) is 0 Å². The molecule has 1 aromatic heterocycles. The zero-order valence-corrected chi connectivity index (χ0v) is 23.0. The van der Waals surface area contributed by atoms with Crippen LogP contribution < -0.4 is 4.90 Å². The molecule has 3 heterocycles. The van der Waals surface area contributed by atoms with Gasteiger partial charge in [-0.2, -0.15) is 0 Å². The van der Waals surface area contributed by atoms with Crippen LogP contribution in [0.5, 0.6) is 0 Å². The van der Waals surface area contributed by atoms with Crippen LogP contribution in [0.4, 0.5) is 10.6 Å². The Hall–Kier alpha value is -2.98. The van der Waals surface area contributed by atoms with E-state index in [9.17, 15) is 9.59 Å². The van der Waals surface area contributed by atoms with Crippen molar-refractivity contribution in [2.75, 3.05) is 71.5 Å². The monoisotopic (exact) mass is 512 g/mol. The Morgan fingerprint density at radius 3 is 2.41 bits per heavy atom. The maximum absolute atomic E-state index is 13.6. The first-order valence-corrected chi connectivity index (χ1v) is 13.1. The van der Waals surface area contributed by atoms with Gasteiger partial charge in [0.25, 0.3) is 5.91 Å². The van der Waals surface area contributed by atoms with Gasteiger partial charge >= 0.3 is 6.09 Å². The maximum atomic E-state index is 13.6. The summed E-state index contributed by atoms with van der Waals surface area (Å²) in [5.74, 6) is 0.745. The second-order valence-corrected chi connectivity index (χ2v) is 10.9. The zero-order chi connectivity index (χ0) is 26.7. The Morgan fingerprint density at radius 2 is 1.78 bits per heavy atom. The predicted molar refractivity (Wildman–Crippen MR) is 143 cm³/mol. The molecule has 2 amide bonds. The van der Waals surface area contributed by atoms with E-state index in [2.05, 4.69) is 16.8 Å². The molecule has 0 radical (unpaired) electrons. The van der Waals surface area contributed by atoms with Gasteiger partial charge in [-0.05, 0) is 46.4 Å². The van der Waals surface area contributed by atoms with E-state index in [-0.39, 0.29) is 11.9 Å². The van der Waals surface area contributed by atoms with Crippen molar-refractivity contribution in [1.82, 2.24) is 24.7 Å². The van der Waals surface area contributed by atoms with Crippen LogP contribution in [0.25, 0.3) is 11.0 Å². The number of hydrogen-bond acceptors (Lipinski definition) is 8. The summed E-state index contributed by atoms with van der Waals surface area (Å²) < 4.78 is 11.2. The third-order valence-electron chi connectivity index (χ3n) is 6.93. The highest BCUT2D eigenvalue weighted by Crippen LogP contribution is 2.32. The maximum Gasteiger partial charge on any atom is 0.410 e. The van der Waals surface area contributed by atoms with Crippen LogP contribution in [0.3, 0.4) is 0 Å². The fraction of sp³-hybridized carbons (Fsp3) is 0.630. The standard InChI is InChI=1S/C27H40N6O4/c1-7-22(31(6)26(35)37-27(2,3)4)20-16-19(25(34)33-10-8-30(5)9-11-33)17-21-24(20)29-23(18-28-21)32-12-14-36-15-13-32/h16-18,22H,7-15H2,1-6H3. The minimum absolute atomic E-state index is 0.0231. The highest BCUT2D eigenvalue weighted by atomic mass is 16.6. The van der Waals surface area contributed by atoms with E-state index in [1.807, 2.05) is 44.7 Å². The van der Waals surface area contributed by atoms with E-state index >= 15 is 0 Å². The highest BCUT2D eigenvalue weighted by Gasteiger charge is 2.29. The number of carbonyl (C=O) groups excluding carboxylic acids is 2. The van der Waals surface area contributed by atoms with Crippen molar-refractivity contribution in [2.24, 2.45) is 0 Å². The van der Waals surface area contributed by atoms with Crippen LogP contribution in [0.15, 0.2) is 18.3 Å². The lowest BCUT2D eigenvalue weighted by Gasteiger charge is -2.33. The molecule has 1 aromatic carbocycles. The molecular weight excluding hydrogens is 472 g/mol. The molecule has 10 nitrogen and oxygen atoms in total. The zero-order valence-electron chi connectivity index (χ0n) is 23.0. The summed E-state index contributed by atoms with van der Waals surface area (Å²) in [4.78, 5) is 44.2. The van der Waals surface area contributed by atoms with Gasteiger partial charge in [0, 0.05) is 57.4 Å². The van der Waals surface area contributed by atoms with E-state index in [1.165, 1.54) is 0 Å². The number of rotatable bonds is 5. The third-order valence-corrected chi connectivity index (χ3v) is 6.93. The van der Waals surface area contributed by atoms with Crippen molar-refractivity contribution in [3.63, 3.8) is 0 Å². The van der Waals surface area contributed by atoms with Crippen molar-refractivity contribution in [3.05, 3.63) is 29.5 Å². The molecule has 2 fully saturated rings. The Kier molecular flexibility index (Phi) is 8.18. The molecule has 10 heteroatoms. The lowest BCUT2D eigenvalue weighted by Crippen LogP contribution is -2.47. The van der Waals surface area contributed by atoms with Crippen molar-refractivity contribution in [3.8, 4) is 0 Å². The fourth-order valence-electron chi connectivity index (χ4n) is 4.81. The molecule has 2 aromatic rings. The van der Waals surface area contributed by atoms with E-state index in [4.69, 9.17) is 19.4 Å². The van der Waals surface area contributed by atoms with E-state index in [0.717, 1.165) is 37.6 Å². The normalized spacial score (nSPS) is 18.1. The van der Waals surface area contributed by atoms with Crippen LogP contribution in [-0.2, 0) is 9.47 Å². The van der Waals surface area contributed by atoms with E-state index < -0.39 is 11.7 Å². The van der Waals surface area contributed by atoms with Gasteiger partial charge in [-0.25, -0.2) is 9.78 Å². The number of benzene rings is 1. The fourth-order valence-corrected chi connectivity index (χ4v) is 4.81. The Bertz CT molecular complexity index is 1120. The molecule has 0 N–H and O–H groups in total. The summed E-state index contributed by atoms with van der Waals surface area (Å²) in [5, 5.41) is 0. The van der Waals surface area contributed by atoms with Gasteiger partial charge in [-0.15, -0.1) is 0 Å². The lowest BCUT2D eigenvalue weighted by atomic mass is 9.97. The molecule has 0 saturated carbocycles. The van der Waals surface area contributed by atoms with Crippen LogP contribution in [-0.4, -0.2) is 109 Å². The van der Waals surface area contributed by atoms with Crippen molar-refractivity contribution in [2.45, 2.75) is 45.8 Å². The van der Waals surface area contributed by atoms with Crippen LogP contribution >= 0.6 is 0 Å².